The van der Waals surface area contributed by atoms with Gasteiger partial charge < -0.3 is 4.74 Å². The highest BCUT2D eigenvalue weighted by Crippen LogP contribution is 2.37. The molecule has 0 N–H and O–H groups in total. The predicted octanol–water partition coefficient (Wildman–Crippen LogP) is 5.08. The van der Waals surface area contributed by atoms with Gasteiger partial charge in [0, 0.05) is 19.0 Å². The topological polar surface area (TPSA) is 72.4 Å². The highest BCUT2D eigenvalue weighted by molar-refractivity contribution is 7.89. The SMILES string of the molecule is COc1ccccc1-c1nnc(C2CCN(S(=O)(=O)c3ccc(C(C)(C)C)cc3)CC2)s1. The zero-order valence-corrected chi connectivity index (χ0v) is 20.5. The molecule has 32 heavy (non-hydrogen) atoms. The van der Waals surface area contributed by atoms with Crippen molar-refractivity contribution in [2.24, 2.45) is 0 Å². The first-order chi connectivity index (χ1) is 15.2. The molecular formula is C24H29N3O3S2. The Balaban J connectivity index is 1.45. The van der Waals surface area contributed by atoms with Crippen molar-refractivity contribution in [3.8, 4) is 16.3 Å². The van der Waals surface area contributed by atoms with Crippen molar-refractivity contribution in [1.82, 2.24) is 14.5 Å². The molecule has 1 fully saturated rings. The van der Waals surface area contributed by atoms with E-state index in [4.69, 9.17) is 4.74 Å². The Morgan fingerprint density at radius 3 is 2.28 bits per heavy atom. The van der Waals surface area contributed by atoms with E-state index in [2.05, 4.69) is 31.0 Å². The minimum atomic E-state index is -3.49. The van der Waals surface area contributed by atoms with Gasteiger partial charge in [-0.2, -0.15) is 4.31 Å². The van der Waals surface area contributed by atoms with Crippen LogP contribution in [0.5, 0.6) is 5.75 Å². The van der Waals surface area contributed by atoms with Crippen molar-refractivity contribution < 1.29 is 13.2 Å². The largest absolute Gasteiger partial charge is 0.496 e. The molecule has 0 radical (unpaired) electrons. The van der Waals surface area contributed by atoms with E-state index in [0.29, 0.717) is 18.0 Å². The summed E-state index contributed by atoms with van der Waals surface area (Å²) in [5, 5.41) is 10.6. The molecule has 4 rings (SSSR count). The van der Waals surface area contributed by atoms with Crippen LogP contribution in [-0.2, 0) is 15.4 Å². The molecule has 8 heteroatoms. The van der Waals surface area contributed by atoms with Gasteiger partial charge in [0.2, 0.25) is 10.0 Å². The lowest BCUT2D eigenvalue weighted by molar-refractivity contribution is 0.318. The number of benzene rings is 2. The Bertz CT molecular complexity index is 1170. The molecule has 1 aromatic heterocycles. The van der Waals surface area contributed by atoms with E-state index in [9.17, 15) is 8.42 Å². The van der Waals surface area contributed by atoms with Crippen molar-refractivity contribution in [1.29, 1.82) is 0 Å². The van der Waals surface area contributed by atoms with Gasteiger partial charge in [-0.15, -0.1) is 10.2 Å². The molecule has 0 amide bonds. The van der Waals surface area contributed by atoms with Crippen LogP contribution in [0.1, 0.15) is 50.1 Å². The number of para-hydroxylation sites is 1. The van der Waals surface area contributed by atoms with Crippen LogP contribution < -0.4 is 4.74 Å². The molecule has 1 aliphatic rings. The molecule has 0 atom stereocenters. The number of methoxy groups -OCH3 is 1. The van der Waals surface area contributed by atoms with E-state index < -0.39 is 10.0 Å². The van der Waals surface area contributed by atoms with Gasteiger partial charge in [-0.3, -0.25) is 0 Å². The first kappa shape index (κ1) is 22.9. The zero-order valence-electron chi connectivity index (χ0n) is 18.9. The lowest BCUT2D eigenvalue weighted by atomic mass is 9.87. The fourth-order valence-corrected chi connectivity index (χ4v) is 6.46. The van der Waals surface area contributed by atoms with Crippen LogP contribution in [0.3, 0.4) is 0 Å². The maximum absolute atomic E-state index is 13.1. The van der Waals surface area contributed by atoms with Gasteiger partial charge >= 0.3 is 0 Å². The standard InChI is InChI=1S/C24H29N3O3S2/c1-24(2,3)18-9-11-19(12-10-18)32(28,29)27-15-13-17(14-16-27)22-25-26-23(31-22)20-7-5-6-8-21(20)30-4/h5-12,17H,13-16H2,1-4H3. The summed E-state index contributed by atoms with van der Waals surface area (Å²) in [6.45, 7) is 7.32. The summed E-state index contributed by atoms with van der Waals surface area (Å²) in [5.74, 6) is 0.985. The molecule has 2 heterocycles. The molecule has 1 aliphatic heterocycles. The average Bonchev–Trinajstić information content (AvgIpc) is 3.29. The molecule has 0 spiro atoms. The Morgan fingerprint density at radius 2 is 1.66 bits per heavy atom. The Labute approximate surface area is 194 Å². The summed E-state index contributed by atoms with van der Waals surface area (Å²) in [4.78, 5) is 0.360. The number of ether oxygens (including phenoxy) is 1. The molecule has 0 unspecified atom stereocenters. The highest BCUT2D eigenvalue weighted by atomic mass is 32.2. The molecule has 6 nitrogen and oxygen atoms in total. The lowest BCUT2D eigenvalue weighted by Gasteiger charge is -2.30. The average molecular weight is 472 g/mol. The first-order valence-electron chi connectivity index (χ1n) is 10.8. The quantitative estimate of drug-likeness (QED) is 0.519. The van der Waals surface area contributed by atoms with E-state index in [1.54, 1.807) is 34.9 Å². The van der Waals surface area contributed by atoms with Crippen molar-refractivity contribution in [3.05, 3.63) is 59.1 Å². The fraction of sp³-hybridized carbons (Fsp3) is 0.417. The maximum atomic E-state index is 13.1. The van der Waals surface area contributed by atoms with Gasteiger partial charge in [0.15, 0.2) is 5.01 Å². The molecule has 1 saturated heterocycles. The van der Waals surface area contributed by atoms with Gasteiger partial charge in [0.1, 0.15) is 10.8 Å². The zero-order chi connectivity index (χ0) is 22.9. The fourth-order valence-electron chi connectivity index (χ4n) is 3.95. The van der Waals surface area contributed by atoms with Crippen molar-refractivity contribution >= 4 is 21.4 Å². The normalized spacial score (nSPS) is 16.2. The minimum Gasteiger partial charge on any atom is -0.496 e. The third-order valence-corrected chi connectivity index (χ3v) is 8.97. The Kier molecular flexibility index (Phi) is 6.38. The Hall–Kier alpha value is -2.29. The molecule has 3 aromatic rings. The summed E-state index contributed by atoms with van der Waals surface area (Å²) >= 11 is 1.56. The van der Waals surface area contributed by atoms with Gasteiger partial charge in [-0.05, 0) is 48.1 Å². The summed E-state index contributed by atoms with van der Waals surface area (Å²) in [7, 11) is -1.85. The molecule has 0 saturated carbocycles. The van der Waals surface area contributed by atoms with E-state index in [1.165, 1.54) is 0 Å². The van der Waals surface area contributed by atoms with Crippen molar-refractivity contribution in [3.63, 3.8) is 0 Å². The molecule has 0 bridgehead atoms. The molecule has 2 aromatic carbocycles. The number of hydrogen-bond acceptors (Lipinski definition) is 6. The van der Waals surface area contributed by atoms with Crippen LogP contribution in [-0.4, -0.2) is 43.1 Å². The summed E-state index contributed by atoms with van der Waals surface area (Å²) in [6, 6.07) is 15.1. The van der Waals surface area contributed by atoms with Crippen molar-refractivity contribution in [2.75, 3.05) is 20.2 Å². The predicted molar refractivity (Wildman–Crippen MR) is 128 cm³/mol. The van der Waals surface area contributed by atoms with E-state index in [-0.39, 0.29) is 11.3 Å². The van der Waals surface area contributed by atoms with Gasteiger partial charge in [0.05, 0.1) is 17.6 Å². The highest BCUT2D eigenvalue weighted by Gasteiger charge is 2.31. The maximum Gasteiger partial charge on any atom is 0.243 e. The van der Waals surface area contributed by atoms with E-state index in [0.717, 1.165) is 39.7 Å². The third-order valence-electron chi connectivity index (χ3n) is 5.94. The van der Waals surface area contributed by atoms with Crippen LogP contribution in [0.2, 0.25) is 0 Å². The number of nitrogens with zero attached hydrogens (tertiary/aromatic N) is 3. The molecular weight excluding hydrogens is 442 g/mol. The van der Waals surface area contributed by atoms with Crippen LogP contribution in [0.4, 0.5) is 0 Å². The summed E-state index contributed by atoms with van der Waals surface area (Å²) < 4.78 is 33.3. The lowest BCUT2D eigenvalue weighted by Crippen LogP contribution is -2.37. The number of sulfonamides is 1. The number of piperidine rings is 1. The van der Waals surface area contributed by atoms with Crippen LogP contribution in [0.25, 0.3) is 10.6 Å². The number of hydrogen-bond donors (Lipinski definition) is 0. The number of aromatic nitrogens is 2. The number of rotatable bonds is 5. The second kappa shape index (κ2) is 8.92. The molecule has 170 valence electrons. The monoisotopic (exact) mass is 471 g/mol. The first-order valence-corrected chi connectivity index (χ1v) is 13.0. The second-order valence-corrected chi connectivity index (χ2v) is 12.0. The van der Waals surface area contributed by atoms with Crippen LogP contribution >= 0.6 is 11.3 Å². The van der Waals surface area contributed by atoms with Crippen molar-refractivity contribution in [2.45, 2.75) is 49.8 Å². The molecule has 0 aliphatic carbocycles. The van der Waals surface area contributed by atoms with Crippen LogP contribution in [0.15, 0.2) is 53.4 Å². The smallest absolute Gasteiger partial charge is 0.243 e. The van der Waals surface area contributed by atoms with E-state index in [1.807, 2.05) is 36.4 Å². The third kappa shape index (κ3) is 4.58. The van der Waals surface area contributed by atoms with Gasteiger partial charge in [-0.25, -0.2) is 8.42 Å². The Morgan fingerprint density at radius 1 is 1.00 bits per heavy atom. The summed E-state index contributed by atoms with van der Waals surface area (Å²) in [6.07, 6.45) is 1.47. The summed E-state index contributed by atoms with van der Waals surface area (Å²) in [5.41, 5.74) is 2.04. The van der Waals surface area contributed by atoms with Crippen LogP contribution in [0, 0.1) is 0 Å². The van der Waals surface area contributed by atoms with Gasteiger partial charge in [0.25, 0.3) is 0 Å². The van der Waals surface area contributed by atoms with E-state index >= 15 is 0 Å². The minimum absolute atomic E-state index is 0.00893. The second-order valence-electron chi connectivity index (χ2n) is 9.10. The van der Waals surface area contributed by atoms with Gasteiger partial charge in [-0.1, -0.05) is 56.4 Å².